The van der Waals surface area contributed by atoms with Crippen LogP contribution in [0, 0.1) is 23.2 Å². The van der Waals surface area contributed by atoms with E-state index >= 15 is 0 Å². The minimum atomic E-state index is -0.606. The fourth-order valence-corrected chi connectivity index (χ4v) is 8.79. The second kappa shape index (κ2) is 17.2. The van der Waals surface area contributed by atoms with Gasteiger partial charge < -0.3 is 29.5 Å². The molecule has 0 radical (unpaired) electrons. The summed E-state index contributed by atoms with van der Waals surface area (Å²) in [5, 5.41) is 18.9. The molecule has 3 aromatic heterocycles. The number of carbonyl (C=O) groups is 1. The third-order valence-corrected chi connectivity index (χ3v) is 11.4. The zero-order valence-electron chi connectivity index (χ0n) is 31.2. The van der Waals surface area contributed by atoms with Crippen LogP contribution in [0.4, 0.5) is 10.9 Å². The van der Waals surface area contributed by atoms with Gasteiger partial charge >= 0.3 is 5.97 Å². The lowest BCUT2D eigenvalue weighted by Crippen LogP contribution is -2.34. The maximum Gasteiger partial charge on any atom is 0.316 e. The molecule has 4 heterocycles. The number of nitrogens with two attached hydrogens (primary N) is 1. The minimum Gasteiger partial charge on any atom is -0.476 e. The third-order valence-electron chi connectivity index (χ3n) is 10.4. The van der Waals surface area contributed by atoms with Crippen LogP contribution in [0.25, 0.3) is 0 Å². The van der Waals surface area contributed by atoms with Crippen LogP contribution in [0.1, 0.15) is 119 Å². The Bertz CT molecular complexity index is 1840. The van der Waals surface area contributed by atoms with Gasteiger partial charge in [-0.3, -0.25) is 4.79 Å². The van der Waals surface area contributed by atoms with Gasteiger partial charge in [-0.2, -0.15) is 5.26 Å². The van der Waals surface area contributed by atoms with Gasteiger partial charge in [0.05, 0.1) is 30.4 Å². The van der Waals surface area contributed by atoms with E-state index in [1.807, 2.05) is 33.8 Å². The number of ether oxygens (including phenoxy) is 2. The number of hydrogen-bond acceptors (Lipinski definition) is 13. The molecule has 4 atom stereocenters. The largest absolute Gasteiger partial charge is 0.476 e. The first-order valence-corrected chi connectivity index (χ1v) is 19.0. The van der Waals surface area contributed by atoms with E-state index in [1.165, 1.54) is 18.4 Å². The van der Waals surface area contributed by atoms with Crippen LogP contribution in [0.3, 0.4) is 0 Å². The van der Waals surface area contributed by atoms with Gasteiger partial charge in [0.25, 0.3) is 5.88 Å². The predicted octanol–water partition coefficient (Wildman–Crippen LogP) is 7.84. The van der Waals surface area contributed by atoms with Crippen LogP contribution in [-0.4, -0.2) is 53.1 Å². The molecule has 52 heavy (non-hydrogen) atoms. The highest BCUT2D eigenvalue weighted by Crippen LogP contribution is 2.49. The highest BCUT2D eigenvalue weighted by atomic mass is 32.1. The van der Waals surface area contributed by atoms with Gasteiger partial charge in [-0.15, -0.1) is 11.3 Å². The summed E-state index contributed by atoms with van der Waals surface area (Å²) in [7, 11) is 1.37. The number of unbranched alkanes of at least 4 members (excludes halogenated alkanes) is 1. The number of oxime groups is 1. The fraction of sp³-hybridized carbons (Fsp3) is 0.564. The zero-order valence-corrected chi connectivity index (χ0v) is 32.1. The number of hydrogen-bond donors (Lipinski definition) is 1. The maximum atomic E-state index is 12.2. The second-order valence-corrected chi connectivity index (χ2v) is 15.5. The van der Waals surface area contributed by atoms with Gasteiger partial charge in [-0.1, -0.05) is 37.7 Å². The van der Waals surface area contributed by atoms with Crippen LogP contribution >= 0.6 is 11.3 Å². The van der Waals surface area contributed by atoms with Gasteiger partial charge in [0.1, 0.15) is 22.7 Å². The Kier molecular flexibility index (Phi) is 12.8. The molecule has 0 amide bonds. The molecule has 0 bridgehead atoms. The van der Waals surface area contributed by atoms with Crippen LogP contribution in [0.5, 0.6) is 5.88 Å². The summed E-state index contributed by atoms with van der Waals surface area (Å²) in [4.78, 5) is 31.2. The number of thiophene rings is 1. The normalized spacial score (nSPS) is 21.0. The summed E-state index contributed by atoms with van der Waals surface area (Å²) in [5.74, 6) is 1.76. The summed E-state index contributed by atoms with van der Waals surface area (Å²) in [5.41, 5.74) is 11.3. The summed E-state index contributed by atoms with van der Waals surface area (Å²) < 4.78 is 16.2. The standard InChI is InChI=1S/C39H51N7O5S/c1-8-32(39(6)17-11-15-31-35(39)28(23-40)36(41)52-31)51-44-26(5)29-16-18-42-38(43-29)46-19-12-14-27(21-25(46)4)13-9-10-20-49-33-22-30(50-45-33)34(24(2)3)37(47)48-7/h16,18,22,24-25,27,34H,1,9-15,17,19-21,41H2,2-7H3/b44-26+/t25-,27?,34?,39+/m0/s1. The van der Waals surface area contributed by atoms with E-state index < -0.39 is 11.3 Å². The molecule has 3 aromatic rings. The van der Waals surface area contributed by atoms with Crippen molar-refractivity contribution in [2.24, 2.45) is 17.0 Å². The Morgan fingerprint density at radius 3 is 2.87 bits per heavy atom. The first-order chi connectivity index (χ1) is 25.0. The molecule has 1 aliphatic carbocycles. The summed E-state index contributed by atoms with van der Waals surface area (Å²) >= 11 is 1.48. The molecular formula is C39H51N7O5S. The number of anilines is 2. The maximum absolute atomic E-state index is 12.2. The van der Waals surface area contributed by atoms with E-state index in [0.29, 0.717) is 57.8 Å². The lowest BCUT2D eigenvalue weighted by molar-refractivity contribution is -0.144. The monoisotopic (exact) mass is 729 g/mol. The summed E-state index contributed by atoms with van der Waals surface area (Å²) in [6.45, 7) is 15.3. The molecule has 278 valence electrons. The Morgan fingerprint density at radius 1 is 1.33 bits per heavy atom. The quantitative estimate of drug-likeness (QED) is 0.0430. The van der Waals surface area contributed by atoms with E-state index in [4.69, 9.17) is 29.6 Å². The number of allylic oxidation sites excluding steroid dienone is 1. The molecule has 2 aliphatic rings. The number of esters is 1. The number of aromatic nitrogens is 3. The topological polar surface area (TPSA) is 162 Å². The van der Waals surface area contributed by atoms with Crippen molar-refractivity contribution in [1.82, 2.24) is 15.1 Å². The first kappa shape index (κ1) is 38.6. The van der Waals surface area contributed by atoms with Crippen LogP contribution in [-0.2, 0) is 26.2 Å². The summed E-state index contributed by atoms with van der Waals surface area (Å²) in [6.07, 6.45) is 10.7. The molecule has 0 saturated carbocycles. The van der Waals surface area contributed by atoms with E-state index in [2.05, 4.69) is 45.5 Å². The Labute approximate surface area is 310 Å². The number of aryl methyl sites for hydroxylation is 1. The number of methoxy groups -OCH3 is 1. The lowest BCUT2D eigenvalue weighted by atomic mass is 9.71. The Hall–Kier alpha value is -4.66. The molecule has 1 saturated heterocycles. The van der Waals surface area contributed by atoms with Crippen molar-refractivity contribution in [3.63, 3.8) is 0 Å². The zero-order chi connectivity index (χ0) is 37.4. The smallest absolute Gasteiger partial charge is 0.316 e. The average molecular weight is 730 g/mol. The molecule has 0 aromatic carbocycles. The van der Waals surface area contributed by atoms with Crippen molar-refractivity contribution < 1.29 is 23.6 Å². The second-order valence-electron chi connectivity index (χ2n) is 14.4. The minimum absolute atomic E-state index is 0.0147. The molecule has 2 N–H and O–H groups in total. The van der Waals surface area contributed by atoms with Crippen molar-refractivity contribution in [2.75, 3.05) is 30.9 Å². The van der Waals surface area contributed by atoms with Gasteiger partial charge in [-0.05, 0) is 95.2 Å². The number of carbonyl (C=O) groups excluding carboxylic acids is 1. The molecule has 13 heteroatoms. The number of nitriles is 1. The van der Waals surface area contributed by atoms with Crippen LogP contribution < -0.4 is 15.4 Å². The van der Waals surface area contributed by atoms with Crippen LogP contribution in [0.15, 0.2) is 46.1 Å². The number of nitrogen functional groups attached to an aromatic ring is 1. The highest BCUT2D eigenvalue weighted by Gasteiger charge is 2.42. The highest BCUT2D eigenvalue weighted by molar-refractivity contribution is 7.16. The van der Waals surface area contributed by atoms with Gasteiger partial charge in [0.2, 0.25) is 5.95 Å². The molecule has 1 fully saturated rings. The van der Waals surface area contributed by atoms with Crippen molar-refractivity contribution in [3.8, 4) is 11.9 Å². The first-order valence-electron chi connectivity index (χ1n) is 18.2. The average Bonchev–Trinajstić information content (AvgIpc) is 3.67. The molecule has 12 nitrogen and oxygen atoms in total. The molecule has 0 spiro atoms. The van der Waals surface area contributed by atoms with Crippen molar-refractivity contribution in [2.45, 2.75) is 110 Å². The van der Waals surface area contributed by atoms with Crippen molar-refractivity contribution >= 4 is 34.0 Å². The Balaban J connectivity index is 1.14. The molecular weight excluding hydrogens is 679 g/mol. The molecule has 5 rings (SSSR count). The van der Waals surface area contributed by atoms with Gasteiger partial charge in [-0.25, -0.2) is 9.97 Å². The molecule has 1 aliphatic heterocycles. The van der Waals surface area contributed by atoms with Gasteiger partial charge in [0, 0.05) is 35.3 Å². The van der Waals surface area contributed by atoms with E-state index in [1.54, 1.807) is 12.3 Å². The van der Waals surface area contributed by atoms with Gasteiger partial charge in [0.15, 0.2) is 11.5 Å². The van der Waals surface area contributed by atoms with E-state index in [0.717, 1.165) is 74.8 Å². The third kappa shape index (κ3) is 8.51. The number of fused-ring (bicyclic) bond motifs is 1. The van der Waals surface area contributed by atoms with Crippen molar-refractivity contribution in [1.29, 1.82) is 5.26 Å². The van der Waals surface area contributed by atoms with E-state index in [9.17, 15) is 10.1 Å². The summed E-state index contributed by atoms with van der Waals surface area (Å²) in [6, 6.07) is 6.10. The SMILES string of the molecule is C=C=C(O/N=C(\C)c1ccnc(N2CCCC(CCCCOc3cc(C(C(=O)OC)C(C)C)on3)C[C@@H]2C)n1)[C@@]1(C)CCCc2sc(N)c(C#N)c21. The Morgan fingerprint density at radius 2 is 2.13 bits per heavy atom. The number of rotatable bonds is 14. The van der Waals surface area contributed by atoms with Crippen molar-refractivity contribution in [3.05, 3.63) is 63.9 Å². The lowest BCUT2D eigenvalue weighted by Gasteiger charge is -2.33. The fourth-order valence-electron chi connectivity index (χ4n) is 7.60. The van der Waals surface area contributed by atoms with E-state index in [-0.39, 0.29) is 17.9 Å². The molecule has 2 unspecified atom stereocenters. The predicted molar refractivity (Wildman–Crippen MR) is 201 cm³/mol. The number of nitrogens with zero attached hydrogens (tertiary/aromatic N) is 6. The van der Waals surface area contributed by atoms with Crippen LogP contribution in [0.2, 0.25) is 0 Å².